The van der Waals surface area contributed by atoms with Gasteiger partial charge in [-0.15, -0.1) is 0 Å². The van der Waals surface area contributed by atoms with E-state index in [1.54, 1.807) is 48.5 Å². The van der Waals surface area contributed by atoms with Gasteiger partial charge in [-0.3, -0.25) is 14.6 Å². The van der Waals surface area contributed by atoms with Gasteiger partial charge in [0, 0.05) is 35.9 Å². The Morgan fingerprint density at radius 3 is 2.76 bits per heavy atom. The van der Waals surface area contributed by atoms with Crippen LogP contribution < -0.4 is 10.2 Å². The zero-order valence-corrected chi connectivity index (χ0v) is 18.5. The van der Waals surface area contributed by atoms with Crippen LogP contribution in [0.5, 0.6) is 0 Å². The number of benzene rings is 2. The van der Waals surface area contributed by atoms with Crippen LogP contribution in [0.1, 0.15) is 32.0 Å². The van der Waals surface area contributed by atoms with Crippen molar-refractivity contribution < 1.29 is 14.1 Å². The smallest absolute Gasteiger partial charge is 0.261 e. The predicted molar refractivity (Wildman–Crippen MR) is 126 cm³/mol. The third-order valence-electron chi connectivity index (χ3n) is 5.61. The third-order valence-corrected chi connectivity index (χ3v) is 5.94. The van der Waals surface area contributed by atoms with E-state index in [4.69, 9.17) is 16.1 Å². The number of anilines is 2. The van der Waals surface area contributed by atoms with E-state index >= 15 is 0 Å². The van der Waals surface area contributed by atoms with Crippen molar-refractivity contribution in [2.45, 2.75) is 13.3 Å². The number of carbonyl (C=O) groups excluding carboxylic acids is 2. The largest absolute Gasteiger partial charge is 0.360 e. The molecule has 2 amide bonds. The fourth-order valence-electron chi connectivity index (χ4n) is 3.98. The van der Waals surface area contributed by atoms with E-state index in [2.05, 4.69) is 15.5 Å². The van der Waals surface area contributed by atoms with Gasteiger partial charge in [0.05, 0.1) is 10.6 Å². The minimum Gasteiger partial charge on any atom is -0.360 e. The van der Waals surface area contributed by atoms with Crippen LogP contribution in [0.3, 0.4) is 0 Å². The lowest BCUT2D eigenvalue weighted by molar-refractivity contribution is 0.0987. The number of aromatic nitrogens is 2. The summed E-state index contributed by atoms with van der Waals surface area (Å²) in [4.78, 5) is 31.9. The molecule has 0 atom stereocenters. The molecule has 5 rings (SSSR count). The van der Waals surface area contributed by atoms with E-state index in [-0.39, 0.29) is 11.8 Å². The number of carbonyl (C=O) groups is 2. The van der Waals surface area contributed by atoms with E-state index in [1.807, 2.05) is 30.3 Å². The molecule has 3 heterocycles. The summed E-state index contributed by atoms with van der Waals surface area (Å²) in [5, 5.41) is 7.44. The maximum absolute atomic E-state index is 13.2. The molecule has 0 fully saturated rings. The summed E-state index contributed by atoms with van der Waals surface area (Å²) in [5.74, 6) is -0.107. The van der Waals surface area contributed by atoms with Gasteiger partial charge >= 0.3 is 0 Å². The van der Waals surface area contributed by atoms with Crippen molar-refractivity contribution in [2.24, 2.45) is 0 Å². The van der Waals surface area contributed by atoms with E-state index < -0.39 is 0 Å². The highest BCUT2D eigenvalue weighted by Gasteiger charge is 2.27. The molecule has 0 unspecified atom stereocenters. The topological polar surface area (TPSA) is 88.3 Å². The van der Waals surface area contributed by atoms with Crippen LogP contribution in [-0.4, -0.2) is 28.5 Å². The Morgan fingerprint density at radius 2 is 1.97 bits per heavy atom. The Morgan fingerprint density at radius 1 is 1.12 bits per heavy atom. The first kappa shape index (κ1) is 20.9. The molecule has 4 aromatic rings. The van der Waals surface area contributed by atoms with Gasteiger partial charge in [-0.2, -0.15) is 0 Å². The van der Waals surface area contributed by atoms with Gasteiger partial charge in [0.2, 0.25) is 0 Å². The number of nitrogens with zero attached hydrogens (tertiary/aromatic N) is 3. The second-order valence-corrected chi connectivity index (χ2v) is 8.10. The number of nitrogens with one attached hydrogen (secondary N) is 1. The predicted octanol–water partition coefficient (Wildman–Crippen LogP) is 5.15. The maximum Gasteiger partial charge on any atom is 0.261 e. The van der Waals surface area contributed by atoms with Gasteiger partial charge in [0.1, 0.15) is 17.0 Å². The molecule has 0 bridgehead atoms. The van der Waals surface area contributed by atoms with Gasteiger partial charge < -0.3 is 14.7 Å². The number of rotatable bonds is 4. The molecule has 1 aliphatic heterocycles. The number of aryl methyl sites for hydroxylation is 1. The molecular weight excluding hydrogens is 440 g/mol. The second kappa shape index (κ2) is 8.52. The first-order valence-electron chi connectivity index (χ1n) is 10.4. The van der Waals surface area contributed by atoms with Crippen molar-refractivity contribution in [3.63, 3.8) is 0 Å². The first-order chi connectivity index (χ1) is 16.0. The highest BCUT2D eigenvalue weighted by molar-refractivity contribution is 6.33. The molecule has 7 nitrogen and oxygen atoms in total. The van der Waals surface area contributed by atoms with E-state index in [1.165, 1.54) is 0 Å². The van der Waals surface area contributed by atoms with Crippen LogP contribution in [0.4, 0.5) is 11.4 Å². The van der Waals surface area contributed by atoms with Gasteiger partial charge in [-0.25, -0.2) is 0 Å². The summed E-state index contributed by atoms with van der Waals surface area (Å²) in [6, 6.07) is 16.2. The quantitative estimate of drug-likeness (QED) is 0.456. The molecule has 0 spiro atoms. The van der Waals surface area contributed by atoms with Crippen LogP contribution in [0.25, 0.3) is 11.3 Å². The molecule has 0 saturated heterocycles. The standard InChI is InChI=1S/C25H19ClN4O3/c1-15-22(23(29-33-15)19-6-2-3-7-20(19)26)24(31)28-18-9-8-16-10-12-30(21(16)13-18)25(32)17-5-4-11-27-14-17/h2-9,11,13-14H,10,12H2,1H3,(H,28,31). The number of amides is 2. The van der Waals surface area contributed by atoms with Crippen molar-refractivity contribution >= 4 is 34.8 Å². The molecule has 2 aromatic heterocycles. The Kier molecular flexibility index (Phi) is 5.40. The minimum absolute atomic E-state index is 0.124. The number of fused-ring (bicyclic) bond motifs is 1. The normalized spacial score (nSPS) is 12.5. The van der Waals surface area contributed by atoms with Gasteiger partial charge in [-0.1, -0.05) is 41.0 Å². The highest BCUT2D eigenvalue weighted by Crippen LogP contribution is 2.34. The lowest BCUT2D eigenvalue weighted by atomic mass is 10.1. The Labute approximate surface area is 195 Å². The first-order valence-corrected chi connectivity index (χ1v) is 10.8. The summed E-state index contributed by atoms with van der Waals surface area (Å²) >= 11 is 6.31. The summed E-state index contributed by atoms with van der Waals surface area (Å²) in [6.07, 6.45) is 3.93. The fraction of sp³-hybridized carbons (Fsp3) is 0.120. The van der Waals surface area contributed by atoms with Crippen LogP contribution in [0, 0.1) is 6.92 Å². The Balaban J connectivity index is 1.43. The Bertz CT molecular complexity index is 1370. The van der Waals surface area contributed by atoms with E-state index in [0.717, 1.165) is 17.7 Å². The van der Waals surface area contributed by atoms with E-state index in [9.17, 15) is 9.59 Å². The van der Waals surface area contributed by atoms with Gasteiger partial charge in [-0.05, 0) is 49.2 Å². The van der Waals surface area contributed by atoms with Crippen molar-refractivity contribution in [2.75, 3.05) is 16.8 Å². The molecule has 33 heavy (non-hydrogen) atoms. The minimum atomic E-state index is -0.369. The molecule has 0 aliphatic carbocycles. The molecule has 0 saturated carbocycles. The summed E-state index contributed by atoms with van der Waals surface area (Å²) in [5.41, 5.74) is 4.21. The summed E-state index contributed by atoms with van der Waals surface area (Å²) < 4.78 is 5.31. The van der Waals surface area contributed by atoms with Crippen LogP contribution in [0.15, 0.2) is 71.5 Å². The molecular formula is C25H19ClN4O3. The number of hydrogen-bond donors (Lipinski definition) is 1. The van der Waals surface area contributed by atoms with Gasteiger partial charge in [0.15, 0.2) is 0 Å². The third kappa shape index (κ3) is 3.87. The molecule has 8 heteroatoms. The average molecular weight is 459 g/mol. The number of pyridine rings is 1. The average Bonchev–Trinajstić information content (AvgIpc) is 3.42. The maximum atomic E-state index is 13.2. The monoisotopic (exact) mass is 458 g/mol. The molecule has 0 radical (unpaired) electrons. The molecule has 1 N–H and O–H groups in total. The number of halogens is 1. The summed E-state index contributed by atoms with van der Waals surface area (Å²) in [6.45, 7) is 2.25. The van der Waals surface area contributed by atoms with Crippen molar-refractivity contribution in [1.82, 2.24) is 10.1 Å². The Hall–Kier alpha value is -3.97. The molecule has 2 aromatic carbocycles. The lowest BCUT2D eigenvalue weighted by Gasteiger charge is -2.18. The van der Waals surface area contributed by atoms with Crippen molar-refractivity contribution in [3.8, 4) is 11.3 Å². The number of hydrogen-bond acceptors (Lipinski definition) is 5. The highest BCUT2D eigenvalue weighted by atomic mass is 35.5. The lowest BCUT2D eigenvalue weighted by Crippen LogP contribution is -2.29. The zero-order chi connectivity index (χ0) is 22.9. The van der Waals surface area contributed by atoms with Crippen molar-refractivity contribution in [1.29, 1.82) is 0 Å². The van der Waals surface area contributed by atoms with Crippen LogP contribution in [-0.2, 0) is 6.42 Å². The van der Waals surface area contributed by atoms with Gasteiger partial charge in [0.25, 0.3) is 11.8 Å². The molecule has 164 valence electrons. The van der Waals surface area contributed by atoms with Crippen LogP contribution >= 0.6 is 11.6 Å². The summed E-state index contributed by atoms with van der Waals surface area (Å²) in [7, 11) is 0. The zero-order valence-electron chi connectivity index (χ0n) is 17.7. The van der Waals surface area contributed by atoms with Crippen LogP contribution in [0.2, 0.25) is 5.02 Å². The van der Waals surface area contributed by atoms with Crippen molar-refractivity contribution in [3.05, 3.63) is 94.5 Å². The second-order valence-electron chi connectivity index (χ2n) is 7.69. The molecule has 1 aliphatic rings. The fourth-order valence-corrected chi connectivity index (χ4v) is 4.21. The van der Waals surface area contributed by atoms with E-state index in [0.29, 0.717) is 45.4 Å². The SMILES string of the molecule is Cc1onc(-c2ccccc2Cl)c1C(=O)Nc1ccc2c(c1)N(C(=O)c1cccnc1)CC2.